The zero-order chi connectivity index (χ0) is 20.0. The fourth-order valence-corrected chi connectivity index (χ4v) is 3.95. The van der Waals surface area contributed by atoms with E-state index in [-0.39, 0.29) is 22.6 Å². The third-order valence-corrected chi connectivity index (χ3v) is 5.93. The maximum absolute atomic E-state index is 12.1. The SMILES string of the molecule is O=C(/C=C/c1ccc(S(=O)(=O)NC2CC2)cc1)NCCCc1ccc(O)cc1. The second kappa shape index (κ2) is 9.03. The van der Waals surface area contributed by atoms with E-state index < -0.39 is 10.0 Å². The van der Waals surface area contributed by atoms with Gasteiger partial charge in [-0.15, -0.1) is 0 Å². The number of hydrogen-bond acceptors (Lipinski definition) is 4. The monoisotopic (exact) mass is 400 g/mol. The van der Waals surface area contributed by atoms with Crippen molar-refractivity contribution in [3.63, 3.8) is 0 Å². The van der Waals surface area contributed by atoms with Crippen molar-refractivity contribution in [3.05, 3.63) is 65.7 Å². The number of sulfonamides is 1. The molecule has 2 aromatic rings. The number of phenols is 1. The molecule has 1 fully saturated rings. The van der Waals surface area contributed by atoms with E-state index in [2.05, 4.69) is 10.0 Å². The van der Waals surface area contributed by atoms with Crippen LogP contribution in [0.25, 0.3) is 6.08 Å². The maximum Gasteiger partial charge on any atom is 0.243 e. The van der Waals surface area contributed by atoms with Crippen molar-refractivity contribution in [2.24, 2.45) is 0 Å². The summed E-state index contributed by atoms with van der Waals surface area (Å²) >= 11 is 0. The van der Waals surface area contributed by atoms with E-state index in [0.29, 0.717) is 6.54 Å². The molecular weight excluding hydrogens is 376 g/mol. The molecule has 0 heterocycles. The van der Waals surface area contributed by atoms with Crippen molar-refractivity contribution < 1.29 is 18.3 Å². The number of aryl methyl sites for hydroxylation is 1. The van der Waals surface area contributed by atoms with Gasteiger partial charge in [-0.2, -0.15) is 0 Å². The Balaban J connectivity index is 1.42. The maximum atomic E-state index is 12.1. The zero-order valence-corrected chi connectivity index (χ0v) is 16.3. The van der Waals surface area contributed by atoms with Crippen LogP contribution >= 0.6 is 0 Å². The molecule has 0 spiro atoms. The third kappa shape index (κ3) is 6.21. The predicted molar refractivity (Wildman–Crippen MR) is 108 cm³/mol. The van der Waals surface area contributed by atoms with Gasteiger partial charge in [-0.25, -0.2) is 13.1 Å². The molecule has 0 aromatic heterocycles. The summed E-state index contributed by atoms with van der Waals surface area (Å²) in [6, 6.07) is 13.5. The summed E-state index contributed by atoms with van der Waals surface area (Å²) in [6.07, 6.45) is 6.49. The first kappa shape index (κ1) is 20.1. The number of carbonyl (C=O) groups is 1. The summed E-state index contributed by atoms with van der Waals surface area (Å²) in [5.74, 6) is 0.0461. The van der Waals surface area contributed by atoms with Crippen LogP contribution in [0.2, 0.25) is 0 Å². The Kier molecular flexibility index (Phi) is 6.49. The predicted octanol–water partition coefficient (Wildman–Crippen LogP) is 2.60. The molecular formula is C21H24N2O4S. The van der Waals surface area contributed by atoms with Crippen LogP contribution in [0.4, 0.5) is 0 Å². The Morgan fingerprint density at radius 2 is 1.75 bits per heavy atom. The molecule has 0 bridgehead atoms. The van der Waals surface area contributed by atoms with Crippen molar-refractivity contribution in [1.29, 1.82) is 0 Å². The van der Waals surface area contributed by atoms with Crippen LogP contribution in [0.5, 0.6) is 5.75 Å². The van der Waals surface area contributed by atoms with E-state index in [1.54, 1.807) is 42.5 Å². The Bertz CT molecular complexity index is 931. The van der Waals surface area contributed by atoms with Gasteiger partial charge in [-0.05, 0) is 67.2 Å². The lowest BCUT2D eigenvalue weighted by atomic mass is 10.1. The standard InChI is InChI=1S/C21H24N2O4S/c24-19-10-3-16(4-11-19)2-1-15-22-21(25)14-7-17-5-12-20(13-6-17)28(26,27)23-18-8-9-18/h3-7,10-14,18,23-24H,1-2,8-9,15H2,(H,22,25)/b14-7+. The van der Waals surface area contributed by atoms with Gasteiger partial charge in [-0.1, -0.05) is 24.3 Å². The van der Waals surface area contributed by atoms with Crippen molar-refractivity contribution in [2.45, 2.75) is 36.6 Å². The summed E-state index contributed by atoms with van der Waals surface area (Å²) < 4.78 is 26.9. The molecule has 1 aliphatic carbocycles. The highest BCUT2D eigenvalue weighted by atomic mass is 32.2. The van der Waals surface area contributed by atoms with Crippen molar-refractivity contribution in [3.8, 4) is 5.75 Å². The largest absolute Gasteiger partial charge is 0.508 e. The Morgan fingerprint density at radius 1 is 1.07 bits per heavy atom. The van der Waals surface area contributed by atoms with Crippen molar-refractivity contribution in [1.82, 2.24) is 10.0 Å². The number of phenolic OH excluding ortho intramolecular Hbond substituents is 1. The van der Waals surface area contributed by atoms with E-state index >= 15 is 0 Å². The van der Waals surface area contributed by atoms with E-state index in [1.807, 2.05) is 12.1 Å². The summed E-state index contributed by atoms with van der Waals surface area (Å²) in [7, 11) is -3.45. The Morgan fingerprint density at radius 3 is 2.39 bits per heavy atom. The lowest BCUT2D eigenvalue weighted by Crippen LogP contribution is -2.25. The average molecular weight is 401 g/mol. The normalized spacial score (nSPS) is 14.3. The molecule has 2 aromatic carbocycles. The van der Waals surface area contributed by atoms with Gasteiger partial charge in [0, 0.05) is 18.7 Å². The molecule has 1 saturated carbocycles. The fourth-order valence-electron chi connectivity index (χ4n) is 2.64. The number of amides is 1. The van der Waals surface area contributed by atoms with Crippen LogP contribution < -0.4 is 10.0 Å². The van der Waals surface area contributed by atoms with E-state index in [9.17, 15) is 18.3 Å². The van der Waals surface area contributed by atoms with Crippen LogP contribution in [0, 0.1) is 0 Å². The highest BCUT2D eigenvalue weighted by Gasteiger charge is 2.27. The van der Waals surface area contributed by atoms with Gasteiger partial charge in [0.15, 0.2) is 0 Å². The number of rotatable bonds is 9. The number of benzene rings is 2. The lowest BCUT2D eigenvalue weighted by molar-refractivity contribution is -0.116. The molecule has 0 atom stereocenters. The molecule has 0 radical (unpaired) electrons. The Hall–Kier alpha value is -2.64. The summed E-state index contributed by atoms with van der Waals surface area (Å²) in [4.78, 5) is 12.1. The molecule has 0 saturated heterocycles. The van der Waals surface area contributed by atoms with E-state index in [0.717, 1.165) is 36.8 Å². The lowest BCUT2D eigenvalue weighted by Gasteiger charge is -2.05. The minimum atomic E-state index is -3.45. The summed E-state index contributed by atoms with van der Waals surface area (Å²) in [6.45, 7) is 0.550. The van der Waals surface area contributed by atoms with Crippen molar-refractivity contribution in [2.75, 3.05) is 6.54 Å². The van der Waals surface area contributed by atoms with E-state index in [4.69, 9.17) is 0 Å². The molecule has 6 nitrogen and oxygen atoms in total. The number of aromatic hydroxyl groups is 1. The van der Waals surface area contributed by atoms with Crippen LogP contribution in [-0.4, -0.2) is 32.0 Å². The minimum absolute atomic E-state index is 0.0716. The number of nitrogens with one attached hydrogen (secondary N) is 2. The highest BCUT2D eigenvalue weighted by Crippen LogP contribution is 2.22. The van der Waals surface area contributed by atoms with Gasteiger partial charge in [0.25, 0.3) is 0 Å². The minimum Gasteiger partial charge on any atom is -0.508 e. The first-order valence-corrected chi connectivity index (χ1v) is 10.8. The van der Waals surface area contributed by atoms with Crippen LogP contribution in [0.3, 0.4) is 0 Å². The fraction of sp³-hybridized carbons (Fsp3) is 0.286. The quantitative estimate of drug-likeness (QED) is 0.445. The van der Waals surface area contributed by atoms with Crippen LogP contribution in [-0.2, 0) is 21.2 Å². The molecule has 3 N–H and O–H groups in total. The first-order valence-electron chi connectivity index (χ1n) is 9.29. The second-order valence-corrected chi connectivity index (χ2v) is 8.57. The van der Waals surface area contributed by atoms with Crippen LogP contribution in [0.1, 0.15) is 30.4 Å². The summed E-state index contributed by atoms with van der Waals surface area (Å²) in [5.41, 5.74) is 1.86. The van der Waals surface area contributed by atoms with Gasteiger partial charge in [-0.3, -0.25) is 4.79 Å². The van der Waals surface area contributed by atoms with Crippen molar-refractivity contribution >= 4 is 22.0 Å². The number of carbonyl (C=O) groups excluding carboxylic acids is 1. The molecule has 1 aliphatic rings. The van der Waals surface area contributed by atoms with E-state index in [1.165, 1.54) is 6.08 Å². The molecule has 7 heteroatoms. The molecule has 0 aliphatic heterocycles. The first-order chi connectivity index (χ1) is 13.4. The van der Waals surface area contributed by atoms with Gasteiger partial charge in [0.2, 0.25) is 15.9 Å². The Labute approximate surface area is 165 Å². The highest BCUT2D eigenvalue weighted by molar-refractivity contribution is 7.89. The molecule has 0 unspecified atom stereocenters. The average Bonchev–Trinajstić information content (AvgIpc) is 3.48. The molecule has 148 valence electrons. The van der Waals surface area contributed by atoms with Crippen LogP contribution in [0.15, 0.2) is 59.5 Å². The molecule has 28 heavy (non-hydrogen) atoms. The topological polar surface area (TPSA) is 95.5 Å². The van der Waals surface area contributed by atoms with Gasteiger partial charge >= 0.3 is 0 Å². The van der Waals surface area contributed by atoms with Gasteiger partial charge in [0.05, 0.1) is 4.90 Å². The molecule has 1 amide bonds. The van der Waals surface area contributed by atoms with Gasteiger partial charge in [0.1, 0.15) is 5.75 Å². The smallest absolute Gasteiger partial charge is 0.243 e. The third-order valence-electron chi connectivity index (χ3n) is 4.39. The molecule has 3 rings (SSSR count). The zero-order valence-electron chi connectivity index (χ0n) is 15.5. The van der Waals surface area contributed by atoms with Gasteiger partial charge < -0.3 is 10.4 Å². The summed E-state index contributed by atoms with van der Waals surface area (Å²) in [5, 5.41) is 12.1. The number of hydrogen-bond donors (Lipinski definition) is 3. The second-order valence-electron chi connectivity index (χ2n) is 6.86.